The van der Waals surface area contributed by atoms with E-state index in [0.29, 0.717) is 79.0 Å². The van der Waals surface area contributed by atoms with Gasteiger partial charge in [0.05, 0.1) is 72.5 Å². The second kappa shape index (κ2) is 19.5. The summed E-state index contributed by atoms with van der Waals surface area (Å²) < 4.78 is 22.6. The minimum Gasteiger partial charge on any atom is -0.377 e. The maximum Gasteiger partial charge on any atom is 0.238 e. The van der Waals surface area contributed by atoms with Crippen LogP contribution in [0.3, 0.4) is 0 Å². The van der Waals surface area contributed by atoms with Crippen molar-refractivity contribution in [3.8, 4) is 0 Å². The number of anilines is 1. The van der Waals surface area contributed by atoms with Gasteiger partial charge in [0.15, 0.2) is 0 Å². The Morgan fingerprint density at radius 1 is 0.750 bits per heavy atom. The largest absolute Gasteiger partial charge is 0.377 e. The van der Waals surface area contributed by atoms with Crippen molar-refractivity contribution in [2.24, 2.45) is 0 Å². The Balaban J connectivity index is 1.82. The van der Waals surface area contributed by atoms with Gasteiger partial charge >= 0.3 is 0 Å². The highest BCUT2D eigenvalue weighted by atomic mass is 16.5. The Morgan fingerprint density at radius 2 is 1.20 bits per heavy atom. The lowest BCUT2D eigenvalue weighted by atomic mass is 10.1. The summed E-state index contributed by atoms with van der Waals surface area (Å²) in [5.41, 5.74) is 2.79. The molecule has 0 bridgehead atoms. The van der Waals surface area contributed by atoms with Crippen LogP contribution in [0.1, 0.15) is 11.1 Å². The van der Waals surface area contributed by atoms with Gasteiger partial charge in [-0.2, -0.15) is 0 Å². The summed E-state index contributed by atoms with van der Waals surface area (Å²) in [6, 6.07) is 5.86. The van der Waals surface area contributed by atoms with Gasteiger partial charge in [0.2, 0.25) is 17.7 Å². The molecule has 1 aromatic rings. The quantitative estimate of drug-likeness (QED) is 0.475. The minimum absolute atomic E-state index is 0.00553. The lowest BCUT2D eigenvalue weighted by molar-refractivity contribution is -0.135. The summed E-state index contributed by atoms with van der Waals surface area (Å²) >= 11 is 0. The number of amides is 3. The number of likely N-dealkylation sites (N-methyl/N-ethyl adjacent to an activating group) is 2. The number of nitrogens with one attached hydrogen (secondary N) is 2. The lowest BCUT2D eigenvalue weighted by Crippen LogP contribution is -2.44. The molecule has 12 heteroatoms. The summed E-state index contributed by atoms with van der Waals surface area (Å²) in [6.45, 7) is 9.11. The van der Waals surface area contributed by atoms with Crippen molar-refractivity contribution >= 4 is 23.4 Å². The Labute approximate surface area is 238 Å². The molecule has 1 fully saturated rings. The second-order valence-corrected chi connectivity index (χ2v) is 9.73. The molecule has 12 nitrogen and oxygen atoms in total. The molecule has 0 radical (unpaired) electrons. The van der Waals surface area contributed by atoms with Crippen LogP contribution in [0, 0.1) is 13.8 Å². The zero-order valence-electron chi connectivity index (χ0n) is 24.5. The van der Waals surface area contributed by atoms with Gasteiger partial charge in [-0.1, -0.05) is 18.2 Å². The van der Waals surface area contributed by atoms with Crippen molar-refractivity contribution in [1.82, 2.24) is 20.0 Å². The van der Waals surface area contributed by atoms with E-state index in [2.05, 4.69) is 10.6 Å². The summed E-state index contributed by atoms with van der Waals surface area (Å²) in [7, 11) is 3.49. The van der Waals surface area contributed by atoms with Crippen LogP contribution < -0.4 is 10.6 Å². The van der Waals surface area contributed by atoms with E-state index in [9.17, 15) is 14.4 Å². The van der Waals surface area contributed by atoms with E-state index in [4.69, 9.17) is 18.9 Å². The standard InChI is InChI=1S/C28H47N5O7/c1-23-6-5-7-24(2)28(23)30-25(34)21-31(4)22-27(36)33-10-14-39-18-16-37-12-8-32(26(35)20-29-3)9-13-38-17-19-40-15-11-33/h5-7,29H,8-22H2,1-4H3,(H,30,34). The Hall–Kier alpha value is -2.61. The van der Waals surface area contributed by atoms with Gasteiger partial charge in [-0.05, 0) is 39.1 Å². The fourth-order valence-corrected chi connectivity index (χ4v) is 4.15. The van der Waals surface area contributed by atoms with Crippen LogP contribution in [0.4, 0.5) is 5.69 Å². The van der Waals surface area contributed by atoms with Crippen molar-refractivity contribution in [2.75, 3.05) is 118 Å². The first-order valence-corrected chi connectivity index (χ1v) is 13.9. The van der Waals surface area contributed by atoms with Gasteiger partial charge in [0.1, 0.15) is 0 Å². The van der Waals surface area contributed by atoms with Gasteiger partial charge in [0.25, 0.3) is 0 Å². The molecule has 0 aliphatic carbocycles. The molecule has 40 heavy (non-hydrogen) atoms. The zero-order valence-corrected chi connectivity index (χ0v) is 24.5. The maximum absolute atomic E-state index is 13.1. The van der Waals surface area contributed by atoms with Gasteiger partial charge in [-0.15, -0.1) is 0 Å². The molecule has 1 aliphatic rings. The molecule has 0 saturated carbocycles. The third-order valence-corrected chi connectivity index (χ3v) is 6.36. The second-order valence-electron chi connectivity index (χ2n) is 9.73. The molecule has 3 amide bonds. The number of rotatable bonds is 7. The molecular weight excluding hydrogens is 518 g/mol. The average molecular weight is 566 g/mol. The molecule has 1 heterocycles. The first kappa shape index (κ1) is 33.6. The minimum atomic E-state index is -0.173. The number of hydrogen-bond donors (Lipinski definition) is 2. The lowest BCUT2D eigenvalue weighted by Gasteiger charge is -2.26. The molecule has 1 aliphatic heterocycles. The maximum atomic E-state index is 13.1. The van der Waals surface area contributed by atoms with Crippen molar-refractivity contribution in [3.63, 3.8) is 0 Å². The summed E-state index contributed by atoms with van der Waals surface area (Å²) in [4.78, 5) is 43.1. The van der Waals surface area contributed by atoms with E-state index in [1.165, 1.54) is 0 Å². The van der Waals surface area contributed by atoms with Crippen LogP contribution in [0.15, 0.2) is 18.2 Å². The van der Waals surface area contributed by atoms with E-state index < -0.39 is 0 Å². The number of para-hydroxylation sites is 1. The summed E-state index contributed by atoms with van der Waals surface area (Å²) in [5, 5.41) is 5.84. The molecule has 0 atom stereocenters. The Kier molecular flexibility index (Phi) is 16.3. The molecule has 2 rings (SSSR count). The number of carbonyl (C=O) groups excluding carboxylic acids is 3. The van der Waals surface area contributed by atoms with Gasteiger partial charge in [-0.25, -0.2) is 0 Å². The molecule has 1 aromatic carbocycles. The fraction of sp³-hybridized carbons (Fsp3) is 0.679. The zero-order chi connectivity index (χ0) is 29.2. The first-order chi connectivity index (χ1) is 19.3. The van der Waals surface area contributed by atoms with Crippen molar-refractivity contribution in [3.05, 3.63) is 29.3 Å². The predicted octanol–water partition coefficient (Wildman–Crippen LogP) is 0.130. The Bertz CT molecular complexity index is 877. The summed E-state index contributed by atoms with van der Waals surface area (Å²) in [5.74, 6) is -0.287. The van der Waals surface area contributed by atoms with Crippen molar-refractivity contribution in [1.29, 1.82) is 0 Å². The van der Waals surface area contributed by atoms with E-state index in [1.54, 1.807) is 28.8 Å². The van der Waals surface area contributed by atoms with Crippen LogP contribution in [-0.4, -0.2) is 145 Å². The molecule has 226 valence electrons. The van der Waals surface area contributed by atoms with Crippen LogP contribution in [0.2, 0.25) is 0 Å². The van der Waals surface area contributed by atoms with Crippen LogP contribution >= 0.6 is 0 Å². The number of ether oxygens (including phenoxy) is 4. The Morgan fingerprint density at radius 3 is 1.65 bits per heavy atom. The number of hydrogen-bond acceptors (Lipinski definition) is 9. The highest BCUT2D eigenvalue weighted by Crippen LogP contribution is 2.19. The molecule has 2 N–H and O–H groups in total. The third kappa shape index (κ3) is 13.2. The molecule has 0 aromatic heterocycles. The molecule has 0 unspecified atom stereocenters. The van der Waals surface area contributed by atoms with Crippen molar-refractivity contribution in [2.45, 2.75) is 13.8 Å². The fourth-order valence-electron chi connectivity index (χ4n) is 4.15. The summed E-state index contributed by atoms with van der Waals surface area (Å²) in [6.07, 6.45) is 0. The van der Waals surface area contributed by atoms with Crippen LogP contribution in [-0.2, 0) is 33.3 Å². The monoisotopic (exact) mass is 565 g/mol. The number of benzene rings is 1. The van der Waals surface area contributed by atoms with E-state index >= 15 is 0 Å². The SMILES string of the molecule is CNCC(=O)N1CCOCCOCCN(C(=O)CN(C)CC(=O)Nc2c(C)cccc2C)CCOCCOCC1. The normalized spacial score (nSPS) is 17.2. The van der Waals surface area contributed by atoms with Crippen molar-refractivity contribution < 1.29 is 33.3 Å². The number of nitrogens with zero attached hydrogens (tertiary/aromatic N) is 3. The van der Waals surface area contributed by atoms with Crippen LogP contribution in [0.5, 0.6) is 0 Å². The van der Waals surface area contributed by atoms with E-state index in [0.717, 1.165) is 16.8 Å². The number of carbonyl (C=O) groups is 3. The highest BCUT2D eigenvalue weighted by molar-refractivity contribution is 5.94. The molecule has 0 spiro atoms. The van der Waals surface area contributed by atoms with Crippen LogP contribution in [0.25, 0.3) is 0 Å². The van der Waals surface area contributed by atoms with Gasteiger partial charge in [-0.3, -0.25) is 19.3 Å². The molecule has 1 saturated heterocycles. The first-order valence-electron chi connectivity index (χ1n) is 13.9. The average Bonchev–Trinajstić information content (AvgIpc) is 2.90. The van der Waals surface area contributed by atoms with Gasteiger partial charge in [0, 0.05) is 31.9 Å². The topological polar surface area (TPSA) is 122 Å². The van der Waals surface area contributed by atoms with E-state index in [-0.39, 0.29) is 37.4 Å². The highest BCUT2D eigenvalue weighted by Gasteiger charge is 2.18. The van der Waals surface area contributed by atoms with Gasteiger partial charge < -0.3 is 39.4 Å². The number of aryl methyl sites for hydroxylation is 2. The predicted molar refractivity (Wildman–Crippen MR) is 152 cm³/mol. The third-order valence-electron chi connectivity index (χ3n) is 6.36. The van der Waals surface area contributed by atoms with E-state index in [1.807, 2.05) is 32.0 Å². The molecular formula is C28H47N5O7. The smallest absolute Gasteiger partial charge is 0.238 e.